The Balaban J connectivity index is 1.61. The van der Waals surface area contributed by atoms with E-state index in [0.717, 1.165) is 42.3 Å². The number of para-hydroxylation sites is 1. The van der Waals surface area contributed by atoms with Crippen molar-refractivity contribution in [2.75, 3.05) is 7.11 Å². The number of aromatic amines is 1. The lowest BCUT2D eigenvalue weighted by Crippen LogP contribution is -2.55. The first kappa shape index (κ1) is 34.7. The van der Waals surface area contributed by atoms with Crippen LogP contribution in [0.2, 0.25) is 0 Å². The van der Waals surface area contributed by atoms with Gasteiger partial charge in [-0.25, -0.2) is 9.59 Å². The highest BCUT2D eigenvalue weighted by molar-refractivity contribution is 5.87. The van der Waals surface area contributed by atoms with E-state index < -0.39 is 47.8 Å². The normalized spacial score (nSPS) is 12.6. The van der Waals surface area contributed by atoms with Gasteiger partial charge in [-0.2, -0.15) is 0 Å². The number of halogens is 6. The first-order chi connectivity index (χ1) is 23.2. The lowest BCUT2D eigenvalue weighted by molar-refractivity contribution is -0.275. The number of benzene rings is 4. The molecule has 256 valence electrons. The van der Waals surface area contributed by atoms with Crippen molar-refractivity contribution in [2.24, 2.45) is 0 Å². The average molecular weight is 686 g/mol. The minimum atomic E-state index is -5.07. The van der Waals surface area contributed by atoms with Gasteiger partial charge in [0.05, 0.1) is 12.6 Å². The van der Waals surface area contributed by atoms with Crippen LogP contribution in [0.25, 0.3) is 10.9 Å². The number of nitrogens with one attached hydrogen (secondary N) is 3. The Hall–Kier alpha value is -5.66. The Morgan fingerprint density at radius 3 is 1.90 bits per heavy atom. The number of carbonyl (C=O) groups is 2. The van der Waals surface area contributed by atoms with Crippen molar-refractivity contribution in [1.82, 2.24) is 15.6 Å². The molecule has 0 spiro atoms. The van der Waals surface area contributed by atoms with Crippen molar-refractivity contribution in [2.45, 2.75) is 37.1 Å². The standard InChI is InChI=1S/C35H29F6N3O5/c1-47-31(45)30(17-23-21-42-29-16-6-5-15-28(23)29)43-32(46)44-33(20-22-9-3-2-4-10-22,24-11-7-13-26(18-24)48-34(36,37)38)25-12-8-14-27(19-25)49-35(39,40)41/h2-16,18-19,21,30,42H,17,20H2,1H3,(H2,43,44,46)/t30-/m1/s1. The van der Waals surface area contributed by atoms with Crippen LogP contribution in [-0.2, 0) is 27.9 Å². The van der Waals surface area contributed by atoms with Gasteiger partial charge >= 0.3 is 24.7 Å². The van der Waals surface area contributed by atoms with Crippen LogP contribution in [-0.4, -0.2) is 42.9 Å². The van der Waals surface area contributed by atoms with E-state index in [0.29, 0.717) is 11.1 Å². The highest BCUT2D eigenvalue weighted by Gasteiger charge is 2.40. The van der Waals surface area contributed by atoms with E-state index in [1.807, 2.05) is 18.2 Å². The van der Waals surface area contributed by atoms with Gasteiger partial charge in [0.25, 0.3) is 0 Å². The van der Waals surface area contributed by atoms with Gasteiger partial charge in [0.2, 0.25) is 0 Å². The molecule has 0 saturated heterocycles. The summed E-state index contributed by atoms with van der Waals surface area (Å²) in [6, 6.07) is 22.9. The van der Waals surface area contributed by atoms with Gasteiger partial charge in [0.15, 0.2) is 0 Å². The van der Waals surface area contributed by atoms with E-state index in [1.165, 1.54) is 24.3 Å². The number of alkyl halides is 6. The number of hydrogen-bond donors (Lipinski definition) is 3. The fourth-order valence-electron chi connectivity index (χ4n) is 5.62. The van der Waals surface area contributed by atoms with Gasteiger partial charge in [-0.3, -0.25) is 0 Å². The summed E-state index contributed by atoms with van der Waals surface area (Å²) in [7, 11) is 1.14. The number of ether oxygens (including phenoxy) is 3. The van der Waals surface area contributed by atoms with Crippen LogP contribution in [0.15, 0.2) is 109 Å². The Morgan fingerprint density at radius 2 is 1.33 bits per heavy atom. The van der Waals surface area contributed by atoms with Crippen LogP contribution in [0.1, 0.15) is 22.3 Å². The molecule has 0 aliphatic rings. The predicted octanol–water partition coefficient (Wildman–Crippen LogP) is 7.53. The quantitative estimate of drug-likeness (QED) is 0.0986. The molecule has 0 aliphatic carbocycles. The molecular formula is C35H29F6N3O5. The predicted molar refractivity (Wildman–Crippen MR) is 167 cm³/mol. The first-order valence-corrected chi connectivity index (χ1v) is 14.7. The zero-order chi connectivity index (χ0) is 35.2. The third-order valence-electron chi connectivity index (χ3n) is 7.65. The summed E-state index contributed by atoms with van der Waals surface area (Å²) in [4.78, 5) is 30.0. The van der Waals surface area contributed by atoms with Crippen molar-refractivity contribution in [3.8, 4) is 11.5 Å². The first-order valence-electron chi connectivity index (χ1n) is 14.7. The van der Waals surface area contributed by atoms with Crippen LogP contribution < -0.4 is 20.1 Å². The number of carbonyl (C=O) groups excluding carboxylic acids is 2. The van der Waals surface area contributed by atoms with Crippen LogP contribution in [0.5, 0.6) is 11.5 Å². The molecule has 0 bridgehead atoms. The largest absolute Gasteiger partial charge is 0.573 e. The summed E-state index contributed by atoms with van der Waals surface area (Å²) in [6.07, 6.45) is -8.64. The lowest BCUT2D eigenvalue weighted by Gasteiger charge is -2.37. The second-order valence-electron chi connectivity index (χ2n) is 11.0. The molecule has 5 rings (SSSR count). The third-order valence-corrected chi connectivity index (χ3v) is 7.65. The van der Waals surface area contributed by atoms with Gasteiger partial charge in [-0.1, -0.05) is 72.8 Å². The molecule has 0 radical (unpaired) electrons. The number of aromatic nitrogens is 1. The minimum absolute atomic E-state index is 0.0143. The van der Waals surface area contributed by atoms with Crippen LogP contribution in [0.4, 0.5) is 31.1 Å². The zero-order valence-electron chi connectivity index (χ0n) is 25.7. The van der Waals surface area contributed by atoms with Crippen LogP contribution in [0, 0.1) is 0 Å². The van der Waals surface area contributed by atoms with Gasteiger partial charge in [0.1, 0.15) is 17.5 Å². The summed E-state index contributed by atoms with van der Waals surface area (Å²) < 4.78 is 93.0. The molecule has 14 heteroatoms. The number of methoxy groups -OCH3 is 1. The minimum Gasteiger partial charge on any atom is -0.467 e. The number of rotatable bonds is 11. The molecule has 0 unspecified atom stereocenters. The van der Waals surface area contributed by atoms with Crippen molar-refractivity contribution >= 4 is 22.9 Å². The maximum atomic E-state index is 14.0. The molecule has 2 amide bonds. The number of hydrogen-bond acceptors (Lipinski definition) is 5. The fourth-order valence-corrected chi connectivity index (χ4v) is 5.62. The second-order valence-corrected chi connectivity index (χ2v) is 11.0. The van der Waals surface area contributed by atoms with E-state index in [-0.39, 0.29) is 24.0 Å². The molecule has 49 heavy (non-hydrogen) atoms. The van der Waals surface area contributed by atoms with E-state index in [9.17, 15) is 35.9 Å². The molecule has 4 aromatic carbocycles. The SMILES string of the molecule is COC(=O)[C@@H](Cc1c[nH]c2ccccc12)NC(=O)NC(Cc1ccccc1)(c1cccc(OC(F)(F)F)c1)c1cccc(OC(F)(F)F)c1. The number of urea groups is 1. The molecule has 1 heterocycles. The third kappa shape index (κ3) is 8.83. The Kier molecular flexibility index (Phi) is 10.1. The maximum absolute atomic E-state index is 14.0. The van der Waals surface area contributed by atoms with Gasteiger partial charge in [-0.05, 0) is 52.6 Å². The average Bonchev–Trinajstić information content (AvgIpc) is 3.45. The van der Waals surface area contributed by atoms with Gasteiger partial charge < -0.3 is 29.8 Å². The van der Waals surface area contributed by atoms with Crippen molar-refractivity contribution in [1.29, 1.82) is 0 Å². The summed E-state index contributed by atoms with van der Waals surface area (Å²) in [5.41, 5.74) is 0.191. The van der Waals surface area contributed by atoms with Gasteiger partial charge in [-0.15, -0.1) is 26.3 Å². The number of H-pyrrole nitrogens is 1. The van der Waals surface area contributed by atoms with Crippen molar-refractivity contribution in [3.05, 3.63) is 132 Å². The molecule has 1 atom stereocenters. The van der Waals surface area contributed by atoms with Crippen LogP contribution >= 0.6 is 0 Å². The summed E-state index contributed by atoms with van der Waals surface area (Å²) >= 11 is 0. The monoisotopic (exact) mass is 685 g/mol. The van der Waals surface area contributed by atoms with E-state index >= 15 is 0 Å². The number of amides is 2. The topological polar surface area (TPSA) is 102 Å². The lowest BCUT2D eigenvalue weighted by atomic mass is 9.77. The molecule has 5 aromatic rings. The maximum Gasteiger partial charge on any atom is 0.573 e. The van der Waals surface area contributed by atoms with E-state index in [2.05, 4.69) is 25.1 Å². The highest BCUT2D eigenvalue weighted by atomic mass is 19.4. The summed E-state index contributed by atoms with van der Waals surface area (Å²) in [5.74, 6) is -2.08. The van der Waals surface area contributed by atoms with Crippen molar-refractivity contribution in [3.63, 3.8) is 0 Å². The number of fused-ring (bicyclic) bond motifs is 1. The second kappa shape index (κ2) is 14.2. The summed E-state index contributed by atoms with van der Waals surface area (Å²) in [6.45, 7) is 0. The Labute approximate surface area is 276 Å². The molecule has 0 aliphatic heterocycles. The molecule has 1 aromatic heterocycles. The van der Waals surface area contributed by atoms with Crippen LogP contribution in [0.3, 0.4) is 0 Å². The smallest absolute Gasteiger partial charge is 0.467 e. The van der Waals surface area contributed by atoms with E-state index in [4.69, 9.17) is 4.74 Å². The Morgan fingerprint density at radius 1 is 0.755 bits per heavy atom. The molecule has 3 N–H and O–H groups in total. The molecule has 0 saturated carbocycles. The molecular weight excluding hydrogens is 656 g/mol. The van der Waals surface area contributed by atoms with E-state index in [1.54, 1.807) is 42.6 Å². The van der Waals surface area contributed by atoms with Crippen molar-refractivity contribution < 1.29 is 50.1 Å². The molecule has 0 fully saturated rings. The Bertz CT molecular complexity index is 1850. The summed E-state index contributed by atoms with van der Waals surface area (Å²) in [5, 5.41) is 6.17. The van der Waals surface area contributed by atoms with Gasteiger partial charge in [0, 0.05) is 29.9 Å². The molecule has 8 nitrogen and oxygen atoms in total. The zero-order valence-corrected chi connectivity index (χ0v) is 25.7. The number of esters is 1. The highest BCUT2D eigenvalue weighted by Crippen LogP contribution is 2.38. The fraction of sp³-hybridized carbons (Fsp3) is 0.200.